The quantitative estimate of drug-likeness (QED) is 0.202. The van der Waals surface area contributed by atoms with Crippen molar-refractivity contribution in [2.45, 2.75) is 38.4 Å². The van der Waals surface area contributed by atoms with Crippen LogP contribution in [0.4, 0.5) is 33.3 Å². The molecule has 13 heteroatoms. The van der Waals surface area contributed by atoms with Gasteiger partial charge in [-0.25, -0.2) is 13.6 Å². The van der Waals surface area contributed by atoms with Crippen LogP contribution in [0, 0.1) is 0 Å². The summed E-state index contributed by atoms with van der Waals surface area (Å²) < 4.78 is 72.8. The van der Waals surface area contributed by atoms with Crippen molar-refractivity contribution in [2.24, 2.45) is 0 Å². The lowest BCUT2D eigenvalue weighted by atomic mass is 9.99. The summed E-state index contributed by atoms with van der Waals surface area (Å²) in [5.41, 5.74) is 2.95. The van der Waals surface area contributed by atoms with E-state index < -0.39 is 36.9 Å². The van der Waals surface area contributed by atoms with Crippen LogP contribution >= 0.6 is 11.6 Å². The molecule has 1 aromatic heterocycles. The van der Waals surface area contributed by atoms with Gasteiger partial charge in [0.1, 0.15) is 11.3 Å². The molecule has 5 rings (SSSR count). The SMILES string of the molecule is CCOC(=O)c1cnn(C2CCCN(c3cc(Cl)ccc3-c3ccc(N4CCN(CC(F)(F)F)CC4)cc3)C2)c1C(F)F. The highest BCUT2D eigenvalue weighted by atomic mass is 35.5. The first-order valence-electron chi connectivity index (χ1n) is 14.3. The summed E-state index contributed by atoms with van der Waals surface area (Å²) in [6.45, 7) is 3.53. The van der Waals surface area contributed by atoms with Crippen molar-refractivity contribution in [3.8, 4) is 11.1 Å². The van der Waals surface area contributed by atoms with E-state index in [9.17, 15) is 26.7 Å². The zero-order valence-electron chi connectivity index (χ0n) is 23.7. The summed E-state index contributed by atoms with van der Waals surface area (Å²) in [5, 5.41) is 4.72. The number of alkyl halides is 5. The van der Waals surface area contributed by atoms with E-state index in [2.05, 4.69) is 14.9 Å². The number of rotatable bonds is 8. The summed E-state index contributed by atoms with van der Waals surface area (Å²) >= 11 is 6.41. The summed E-state index contributed by atoms with van der Waals surface area (Å²) in [6, 6.07) is 13.0. The average molecular weight is 626 g/mol. The van der Waals surface area contributed by atoms with Crippen LogP contribution in [0.15, 0.2) is 48.7 Å². The van der Waals surface area contributed by atoms with Gasteiger partial charge in [0.2, 0.25) is 0 Å². The molecule has 1 unspecified atom stereocenters. The van der Waals surface area contributed by atoms with Crippen molar-refractivity contribution < 1.29 is 31.5 Å². The number of piperazine rings is 1. The first-order valence-corrected chi connectivity index (χ1v) is 14.6. The Morgan fingerprint density at radius 3 is 2.42 bits per heavy atom. The monoisotopic (exact) mass is 625 g/mol. The summed E-state index contributed by atoms with van der Waals surface area (Å²) in [4.78, 5) is 17.9. The molecule has 2 aromatic carbocycles. The third-order valence-corrected chi connectivity index (χ3v) is 8.13. The molecule has 2 saturated heterocycles. The van der Waals surface area contributed by atoms with E-state index in [1.165, 1.54) is 9.58 Å². The maximum Gasteiger partial charge on any atom is 0.401 e. The minimum absolute atomic E-state index is 0.0705. The van der Waals surface area contributed by atoms with Crippen LogP contribution in [0.5, 0.6) is 0 Å². The largest absolute Gasteiger partial charge is 0.462 e. The number of carbonyl (C=O) groups is 1. The second-order valence-corrected chi connectivity index (χ2v) is 11.2. The van der Waals surface area contributed by atoms with Crippen LogP contribution in [0.1, 0.15) is 48.3 Å². The van der Waals surface area contributed by atoms with Crippen LogP contribution in [-0.2, 0) is 4.74 Å². The van der Waals surface area contributed by atoms with Crippen molar-refractivity contribution in [1.82, 2.24) is 14.7 Å². The molecule has 43 heavy (non-hydrogen) atoms. The molecule has 0 amide bonds. The van der Waals surface area contributed by atoms with Gasteiger partial charge in [-0.2, -0.15) is 18.3 Å². The standard InChI is InChI=1S/C30H33ClF5N5O2/c1-2-43-29(42)25-17-37-41(27(25)28(32)33)23-4-3-11-40(18-23)26-16-21(31)7-10-24(26)20-5-8-22(9-6-20)39-14-12-38(13-15-39)19-30(34,35)36/h5-10,16-17,23,28H,2-4,11-15,18-19H2,1H3. The van der Waals surface area contributed by atoms with Gasteiger partial charge < -0.3 is 14.5 Å². The maximum absolute atomic E-state index is 14.1. The Kier molecular flexibility index (Phi) is 9.45. The summed E-state index contributed by atoms with van der Waals surface area (Å²) in [5.74, 6) is -0.819. The lowest BCUT2D eigenvalue weighted by molar-refractivity contribution is -0.146. The molecule has 3 aromatic rings. The number of aromatic nitrogens is 2. The van der Waals surface area contributed by atoms with E-state index >= 15 is 0 Å². The minimum Gasteiger partial charge on any atom is -0.462 e. The first kappa shape index (κ1) is 31.1. The van der Waals surface area contributed by atoms with Gasteiger partial charge in [-0.3, -0.25) is 9.58 Å². The van der Waals surface area contributed by atoms with Crippen molar-refractivity contribution in [3.05, 3.63) is 64.9 Å². The molecule has 2 fully saturated rings. The molecule has 0 N–H and O–H groups in total. The molecular formula is C30H33ClF5N5O2. The van der Waals surface area contributed by atoms with Gasteiger partial charge in [0.05, 0.1) is 25.4 Å². The number of hydrogen-bond acceptors (Lipinski definition) is 6. The number of hydrogen-bond donors (Lipinski definition) is 0. The Balaban J connectivity index is 1.34. The van der Waals surface area contributed by atoms with Crippen molar-refractivity contribution in [3.63, 3.8) is 0 Å². The molecule has 7 nitrogen and oxygen atoms in total. The number of ether oxygens (including phenoxy) is 1. The van der Waals surface area contributed by atoms with Crippen LogP contribution in [0.25, 0.3) is 11.1 Å². The number of carbonyl (C=O) groups excluding carboxylic acids is 1. The molecule has 3 heterocycles. The lowest BCUT2D eigenvalue weighted by Gasteiger charge is -2.37. The Morgan fingerprint density at radius 1 is 1.05 bits per heavy atom. The molecular weight excluding hydrogens is 593 g/mol. The second kappa shape index (κ2) is 13.1. The Morgan fingerprint density at radius 2 is 1.77 bits per heavy atom. The van der Waals surface area contributed by atoms with Gasteiger partial charge >= 0.3 is 12.1 Å². The number of piperidine rings is 1. The number of esters is 1. The van der Waals surface area contributed by atoms with Gasteiger partial charge in [-0.1, -0.05) is 29.8 Å². The van der Waals surface area contributed by atoms with Crippen LogP contribution in [-0.4, -0.2) is 79.2 Å². The molecule has 2 aliphatic heterocycles. The van der Waals surface area contributed by atoms with Crippen LogP contribution in [0.3, 0.4) is 0 Å². The van der Waals surface area contributed by atoms with Crippen molar-refractivity contribution in [1.29, 1.82) is 0 Å². The second-order valence-electron chi connectivity index (χ2n) is 10.7. The average Bonchev–Trinajstić information content (AvgIpc) is 3.43. The Hall–Kier alpha value is -3.38. The van der Waals surface area contributed by atoms with Gasteiger partial charge in [0.15, 0.2) is 0 Å². The molecule has 0 saturated carbocycles. The molecule has 2 aliphatic rings. The highest BCUT2D eigenvalue weighted by Gasteiger charge is 2.33. The molecule has 0 aliphatic carbocycles. The molecule has 1 atom stereocenters. The van der Waals surface area contributed by atoms with Crippen molar-refractivity contribution >= 4 is 28.9 Å². The number of benzene rings is 2. The number of anilines is 2. The predicted octanol–water partition coefficient (Wildman–Crippen LogP) is 6.84. The lowest BCUT2D eigenvalue weighted by Crippen LogP contribution is -2.49. The van der Waals surface area contributed by atoms with Crippen LogP contribution in [0.2, 0.25) is 5.02 Å². The fourth-order valence-electron chi connectivity index (χ4n) is 5.90. The zero-order valence-corrected chi connectivity index (χ0v) is 24.4. The molecule has 0 radical (unpaired) electrons. The normalized spacial score (nSPS) is 18.4. The van der Waals surface area contributed by atoms with Gasteiger partial charge in [0.25, 0.3) is 6.43 Å². The predicted molar refractivity (Wildman–Crippen MR) is 155 cm³/mol. The highest BCUT2D eigenvalue weighted by Crippen LogP contribution is 2.38. The topological polar surface area (TPSA) is 53.8 Å². The number of halogens is 6. The Labute approximate surface area is 251 Å². The number of nitrogens with zero attached hydrogens (tertiary/aromatic N) is 5. The fourth-order valence-corrected chi connectivity index (χ4v) is 6.07. The van der Waals surface area contributed by atoms with E-state index in [1.807, 2.05) is 36.4 Å². The zero-order chi connectivity index (χ0) is 30.7. The van der Waals surface area contributed by atoms with E-state index in [1.54, 1.807) is 13.0 Å². The maximum atomic E-state index is 14.1. The van der Waals surface area contributed by atoms with Gasteiger partial charge in [-0.05, 0) is 49.6 Å². The van der Waals surface area contributed by atoms with E-state index in [-0.39, 0.29) is 12.2 Å². The third kappa shape index (κ3) is 7.23. The molecule has 0 spiro atoms. The Bertz CT molecular complexity index is 1410. The minimum atomic E-state index is -4.20. The third-order valence-electron chi connectivity index (χ3n) is 7.90. The first-order chi connectivity index (χ1) is 20.5. The van der Waals surface area contributed by atoms with E-state index in [4.69, 9.17) is 16.3 Å². The smallest absolute Gasteiger partial charge is 0.401 e. The molecule has 0 bridgehead atoms. The van der Waals surface area contributed by atoms with Gasteiger partial charge in [0, 0.05) is 61.2 Å². The summed E-state index contributed by atoms with van der Waals surface area (Å²) in [7, 11) is 0. The van der Waals surface area contributed by atoms with Gasteiger partial charge in [-0.15, -0.1) is 0 Å². The molecule has 232 valence electrons. The van der Waals surface area contributed by atoms with Crippen LogP contribution < -0.4 is 9.80 Å². The van der Waals surface area contributed by atoms with Crippen molar-refractivity contribution in [2.75, 3.05) is 62.2 Å². The fraction of sp³-hybridized carbons (Fsp3) is 0.467. The van der Waals surface area contributed by atoms with E-state index in [0.717, 1.165) is 28.7 Å². The highest BCUT2D eigenvalue weighted by molar-refractivity contribution is 6.31. The summed E-state index contributed by atoms with van der Waals surface area (Å²) in [6.07, 6.45) is -4.62. The van der Waals surface area contributed by atoms with E-state index in [0.29, 0.717) is 57.1 Å².